The van der Waals surface area contributed by atoms with E-state index in [1.54, 1.807) is 16.9 Å². The molecule has 0 unspecified atom stereocenters. The standard InChI is InChI=1S/C21H26N6O/c1-3-25(4-2)14-16-12-23-20-17(13-24-27(20)15-16)21(28)26-11-7-9-19(26)18-8-5-6-10-22-18/h5-6,8,10,12-13,15,19H,3-4,7,9,11,14H2,1-2H3/t19-/m1/s1. The highest BCUT2D eigenvalue weighted by molar-refractivity contribution is 6.00. The summed E-state index contributed by atoms with van der Waals surface area (Å²) < 4.78 is 1.72. The number of carbonyl (C=O) groups is 1. The predicted molar refractivity (Wildman–Crippen MR) is 107 cm³/mol. The maximum Gasteiger partial charge on any atom is 0.259 e. The number of amides is 1. The highest BCUT2D eigenvalue weighted by Gasteiger charge is 2.33. The normalized spacial score (nSPS) is 17.0. The van der Waals surface area contributed by atoms with Crippen molar-refractivity contribution < 1.29 is 4.79 Å². The summed E-state index contributed by atoms with van der Waals surface area (Å²) in [5.74, 6) is -0.0212. The Bertz CT molecular complexity index is 950. The Labute approximate surface area is 165 Å². The molecular weight excluding hydrogens is 352 g/mol. The molecule has 4 heterocycles. The van der Waals surface area contributed by atoms with Crippen LogP contribution in [-0.4, -0.2) is 54.9 Å². The summed E-state index contributed by atoms with van der Waals surface area (Å²) in [4.78, 5) is 26.5. The molecule has 7 heteroatoms. The maximum absolute atomic E-state index is 13.3. The van der Waals surface area contributed by atoms with Crippen LogP contribution < -0.4 is 0 Å². The van der Waals surface area contributed by atoms with E-state index in [0.717, 1.165) is 50.3 Å². The molecule has 1 saturated heterocycles. The maximum atomic E-state index is 13.3. The van der Waals surface area contributed by atoms with Gasteiger partial charge in [0.25, 0.3) is 5.91 Å². The van der Waals surface area contributed by atoms with Crippen LogP contribution in [0.1, 0.15) is 54.3 Å². The molecule has 0 N–H and O–H groups in total. The lowest BCUT2D eigenvalue weighted by Crippen LogP contribution is -2.31. The summed E-state index contributed by atoms with van der Waals surface area (Å²) in [6.07, 6.45) is 9.16. The van der Waals surface area contributed by atoms with Gasteiger partial charge in [-0.2, -0.15) is 5.10 Å². The largest absolute Gasteiger partial charge is 0.330 e. The van der Waals surface area contributed by atoms with Crippen LogP contribution in [0.4, 0.5) is 0 Å². The Hall–Kier alpha value is -2.80. The average Bonchev–Trinajstić information content (AvgIpc) is 3.39. The molecule has 0 aliphatic carbocycles. The zero-order valence-corrected chi connectivity index (χ0v) is 16.5. The number of nitrogens with zero attached hydrogens (tertiary/aromatic N) is 6. The van der Waals surface area contributed by atoms with Gasteiger partial charge in [-0.25, -0.2) is 9.50 Å². The van der Waals surface area contributed by atoms with Crippen molar-refractivity contribution in [2.24, 2.45) is 0 Å². The summed E-state index contributed by atoms with van der Waals surface area (Å²) in [6, 6.07) is 5.88. The molecule has 0 aromatic carbocycles. The summed E-state index contributed by atoms with van der Waals surface area (Å²) in [5, 5.41) is 4.40. The number of pyridine rings is 1. The van der Waals surface area contributed by atoms with Gasteiger partial charge in [0, 0.05) is 37.2 Å². The number of hydrogen-bond donors (Lipinski definition) is 0. The van der Waals surface area contributed by atoms with Gasteiger partial charge in [0.2, 0.25) is 0 Å². The van der Waals surface area contributed by atoms with Crippen LogP contribution in [0.25, 0.3) is 5.65 Å². The minimum absolute atomic E-state index is 0.0191. The van der Waals surface area contributed by atoms with E-state index < -0.39 is 0 Å². The van der Waals surface area contributed by atoms with Gasteiger partial charge in [0.05, 0.1) is 17.9 Å². The van der Waals surface area contributed by atoms with E-state index >= 15 is 0 Å². The van der Waals surface area contributed by atoms with Crippen molar-refractivity contribution >= 4 is 11.6 Å². The van der Waals surface area contributed by atoms with Crippen molar-refractivity contribution in [1.82, 2.24) is 29.4 Å². The van der Waals surface area contributed by atoms with E-state index in [2.05, 4.69) is 33.8 Å². The number of carbonyl (C=O) groups excluding carboxylic acids is 1. The number of aromatic nitrogens is 4. The molecule has 0 radical (unpaired) electrons. The van der Waals surface area contributed by atoms with E-state index in [4.69, 9.17) is 0 Å². The van der Waals surface area contributed by atoms with E-state index in [0.29, 0.717) is 11.2 Å². The molecule has 3 aromatic rings. The molecule has 3 aromatic heterocycles. The molecule has 0 bridgehead atoms. The molecule has 1 atom stereocenters. The van der Waals surface area contributed by atoms with Crippen molar-refractivity contribution in [2.75, 3.05) is 19.6 Å². The van der Waals surface area contributed by atoms with E-state index in [-0.39, 0.29) is 11.9 Å². The first-order valence-electron chi connectivity index (χ1n) is 9.97. The molecule has 7 nitrogen and oxygen atoms in total. The molecule has 0 spiro atoms. The highest BCUT2D eigenvalue weighted by Crippen LogP contribution is 2.32. The smallest absolute Gasteiger partial charge is 0.259 e. The SMILES string of the molecule is CCN(CC)Cc1cnc2c(C(=O)N3CCC[C@@H]3c3ccccn3)cnn2c1. The topological polar surface area (TPSA) is 66.6 Å². The van der Waals surface area contributed by atoms with Crippen LogP contribution in [0, 0.1) is 0 Å². The molecule has 1 aliphatic heterocycles. The quantitative estimate of drug-likeness (QED) is 0.660. The second-order valence-corrected chi connectivity index (χ2v) is 7.16. The van der Waals surface area contributed by atoms with Crippen molar-refractivity contribution in [1.29, 1.82) is 0 Å². The number of rotatable bonds is 6. The summed E-state index contributed by atoms with van der Waals surface area (Å²) in [6.45, 7) is 7.83. The van der Waals surface area contributed by atoms with E-state index in [9.17, 15) is 4.79 Å². The molecule has 28 heavy (non-hydrogen) atoms. The minimum Gasteiger partial charge on any atom is -0.330 e. The molecule has 4 rings (SSSR count). The van der Waals surface area contributed by atoms with Crippen molar-refractivity contribution in [3.8, 4) is 0 Å². The van der Waals surface area contributed by atoms with Gasteiger partial charge in [-0.3, -0.25) is 14.7 Å². The first kappa shape index (κ1) is 18.6. The van der Waals surface area contributed by atoms with Crippen LogP contribution in [-0.2, 0) is 6.54 Å². The zero-order valence-electron chi connectivity index (χ0n) is 16.5. The predicted octanol–water partition coefficient (Wildman–Crippen LogP) is 2.94. The Balaban J connectivity index is 1.59. The lowest BCUT2D eigenvalue weighted by atomic mass is 10.1. The lowest BCUT2D eigenvalue weighted by molar-refractivity contribution is 0.0734. The minimum atomic E-state index is -0.0212. The van der Waals surface area contributed by atoms with Gasteiger partial charge in [-0.05, 0) is 38.1 Å². The Morgan fingerprint density at radius 3 is 2.82 bits per heavy atom. The average molecular weight is 378 g/mol. The van der Waals surface area contributed by atoms with Crippen molar-refractivity contribution in [3.63, 3.8) is 0 Å². The van der Waals surface area contributed by atoms with Gasteiger partial charge >= 0.3 is 0 Å². The van der Waals surface area contributed by atoms with E-state index in [1.807, 2.05) is 35.5 Å². The Morgan fingerprint density at radius 1 is 1.21 bits per heavy atom. The third-order valence-corrected chi connectivity index (χ3v) is 5.48. The van der Waals surface area contributed by atoms with Gasteiger partial charge in [0.1, 0.15) is 5.56 Å². The highest BCUT2D eigenvalue weighted by atomic mass is 16.2. The second-order valence-electron chi connectivity index (χ2n) is 7.16. The first-order chi connectivity index (χ1) is 13.7. The molecule has 146 valence electrons. The van der Waals surface area contributed by atoms with Crippen LogP contribution in [0.2, 0.25) is 0 Å². The number of hydrogen-bond acceptors (Lipinski definition) is 5. The van der Waals surface area contributed by atoms with Crippen molar-refractivity contribution in [2.45, 2.75) is 39.3 Å². The van der Waals surface area contributed by atoms with Gasteiger partial charge in [-0.1, -0.05) is 19.9 Å². The fourth-order valence-corrected chi connectivity index (χ4v) is 3.90. The van der Waals surface area contributed by atoms with Gasteiger partial charge < -0.3 is 4.90 Å². The first-order valence-corrected chi connectivity index (χ1v) is 9.97. The monoisotopic (exact) mass is 378 g/mol. The Kier molecular flexibility index (Phi) is 5.34. The number of fused-ring (bicyclic) bond motifs is 1. The summed E-state index contributed by atoms with van der Waals surface area (Å²) in [7, 11) is 0. The van der Waals surface area contributed by atoms with Crippen LogP contribution in [0.3, 0.4) is 0 Å². The molecular formula is C21H26N6O. The van der Waals surface area contributed by atoms with Crippen LogP contribution in [0.15, 0.2) is 43.0 Å². The van der Waals surface area contributed by atoms with Crippen molar-refractivity contribution in [3.05, 3.63) is 59.8 Å². The van der Waals surface area contributed by atoms with Gasteiger partial charge in [0.15, 0.2) is 5.65 Å². The van der Waals surface area contributed by atoms with Crippen LogP contribution >= 0.6 is 0 Å². The third kappa shape index (κ3) is 3.49. The molecule has 1 amide bonds. The lowest BCUT2D eigenvalue weighted by Gasteiger charge is -2.23. The third-order valence-electron chi connectivity index (χ3n) is 5.48. The molecule has 1 fully saturated rings. The summed E-state index contributed by atoms with van der Waals surface area (Å²) >= 11 is 0. The van der Waals surface area contributed by atoms with E-state index in [1.165, 1.54) is 0 Å². The fourth-order valence-electron chi connectivity index (χ4n) is 3.90. The second kappa shape index (κ2) is 8.06. The van der Waals surface area contributed by atoms with Gasteiger partial charge in [-0.15, -0.1) is 0 Å². The fraction of sp³-hybridized carbons (Fsp3) is 0.429. The zero-order chi connectivity index (χ0) is 19.5. The molecule has 0 saturated carbocycles. The number of likely N-dealkylation sites (tertiary alicyclic amines) is 1. The molecule has 1 aliphatic rings. The van der Waals surface area contributed by atoms with Crippen LogP contribution in [0.5, 0.6) is 0 Å². The Morgan fingerprint density at radius 2 is 2.07 bits per heavy atom. The summed E-state index contributed by atoms with van der Waals surface area (Å²) in [5.41, 5.74) is 3.20.